The molecule has 0 heterocycles. The van der Waals surface area contributed by atoms with E-state index in [-0.39, 0.29) is 17.4 Å². The normalized spacial score (nSPS) is 36.4. The van der Waals surface area contributed by atoms with Crippen molar-refractivity contribution >= 4 is 35.3 Å². The molecule has 41 heavy (non-hydrogen) atoms. The lowest BCUT2D eigenvalue weighted by Gasteiger charge is -2.58. The molecule has 5 unspecified atom stereocenters. The summed E-state index contributed by atoms with van der Waals surface area (Å²) in [6, 6.07) is -1.91. The van der Waals surface area contributed by atoms with Gasteiger partial charge in [0.05, 0.1) is 5.71 Å². The van der Waals surface area contributed by atoms with Crippen LogP contribution in [0.15, 0.2) is 16.8 Å². The van der Waals surface area contributed by atoms with Crippen LogP contribution in [0, 0.1) is 40.9 Å². The molecule has 226 valence electrons. The summed E-state index contributed by atoms with van der Waals surface area (Å²) in [6.45, 7) is 5.76. The summed E-state index contributed by atoms with van der Waals surface area (Å²) in [5.74, 6) is 2.75. The maximum Gasteiger partial charge on any atom is 0.326 e. The van der Waals surface area contributed by atoms with Gasteiger partial charge in [0, 0.05) is 5.41 Å². The summed E-state index contributed by atoms with van der Waals surface area (Å²) in [7, 11) is 0. The first-order valence-electron chi connectivity index (χ1n) is 14.8. The van der Waals surface area contributed by atoms with E-state index in [0.717, 1.165) is 50.7 Å². The fourth-order valence-electron chi connectivity index (χ4n) is 8.21. The highest BCUT2D eigenvalue weighted by Crippen LogP contribution is 2.67. The van der Waals surface area contributed by atoms with Gasteiger partial charge in [0.15, 0.2) is 6.61 Å². The van der Waals surface area contributed by atoms with Crippen LogP contribution >= 0.6 is 11.8 Å². The van der Waals surface area contributed by atoms with E-state index in [1.165, 1.54) is 24.3 Å². The minimum Gasteiger partial charge on any atom is -0.480 e. The minimum absolute atomic E-state index is 0.0872. The van der Waals surface area contributed by atoms with Gasteiger partial charge in [-0.15, -0.1) is 6.42 Å². The summed E-state index contributed by atoms with van der Waals surface area (Å²) in [6.07, 6.45) is 17.6. The zero-order valence-corrected chi connectivity index (χ0v) is 25.5. The van der Waals surface area contributed by atoms with Crippen molar-refractivity contribution in [3.63, 3.8) is 0 Å². The molecule has 0 aromatic heterocycles. The highest BCUT2D eigenvalue weighted by molar-refractivity contribution is 7.98. The van der Waals surface area contributed by atoms with Crippen molar-refractivity contribution < 1.29 is 29.4 Å². The van der Waals surface area contributed by atoms with Crippen molar-refractivity contribution in [2.75, 3.05) is 18.6 Å². The molecule has 4 rings (SSSR count). The standard InChI is InChI=1S/C31H45N3O6S/c1-6-31(39)15-11-24-22-8-7-20-17-21(9-13-29(20,3)23(22)10-14-30(24,31)4)34-40-18-26(35)32-19(2)27(36)33-25(28(37)38)12-16-41-5/h1,17,19,22-25,39H,7-16,18H2,2-5H3,(H,32,35)(H,33,36)(H,37,38)/t19?,22?,23?,24?,25?,29-,30-,31-/m0/s1. The lowest BCUT2D eigenvalue weighted by atomic mass is 9.46. The van der Waals surface area contributed by atoms with Crippen LogP contribution in [0.25, 0.3) is 0 Å². The predicted molar refractivity (Wildman–Crippen MR) is 159 cm³/mol. The van der Waals surface area contributed by atoms with Crippen molar-refractivity contribution in [2.45, 2.75) is 96.2 Å². The molecule has 10 heteroatoms. The number of terminal acetylenes is 1. The number of fused-ring (bicyclic) bond motifs is 5. The molecule has 0 aliphatic heterocycles. The van der Waals surface area contributed by atoms with Gasteiger partial charge in [0.1, 0.15) is 17.7 Å². The van der Waals surface area contributed by atoms with Gasteiger partial charge in [-0.05, 0) is 106 Å². The number of carbonyl (C=O) groups is 3. The monoisotopic (exact) mass is 587 g/mol. The van der Waals surface area contributed by atoms with Gasteiger partial charge in [-0.1, -0.05) is 30.5 Å². The van der Waals surface area contributed by atoms with Gasteiger partial charge >= 0.3 is 5.97 Å². The summed E-state index contributed by atoms with van der Waals surface area (Å²) in [5.41, 5.74) is 1.09. The number of thioether (sulfide) groups is 1. The highest BCUT2D eigenvalue weighted by Gasteiger charge is 2.63. The second-order valence-electron chi connectivity index (χ2n) is 12.8. The van der Waals surface area contributed by atoms with Gasteiger partial charge in [0.2, 0.25) is 5.91 Å². The van der Waals surface area contributed by atoms with Crippen LogP contribution in [0.3, 0.4) is 0 Å². The van der Waals surface area contributed by atoms with Crippen LogP contribution < -0.4 is 10.6 Å². The van der Waals surface area contributed by atoms with Crippen molar-refractivity contribution in [1.29, 1.82) is 0 Å². The Bertz CT molecular complexity index is 1150. The largest absolute Gasteiger partial charge is 0.480 e. The van der Waals surface area contributed by atoms with E-state index in [9.17, 15) is 24.6 Å². The molecule has 0 saturated heterocycles. The molecule has 3 fully saturated rings. The molecule has 8 atom stereocenters. The fraction of sp³-hybridized carbons (Fsp3) is 0.742. The van der Waals surface area contributed by atoms with E-state index in [2.05, 4.69) is 41.6 Å². The molecular formula is C31H45N3O6S. The first-order chi connectivity index (χ1) is 19.4. The lowest BCUT2D eigenvalue weighted by molar-refractivity contribution is -0.142. The Hall–Kier alpha value is -2.51. The Morgan fingerprint density at radius 2 is 1.90 bits per heavy atom. The molecule has 0 bridgehead atoms. The first kappa shape index (κ1) is 31.4. The summed E-state index contributed by atoms with van der Waals surface area (Å²) < 4.78 is 0. The topological polar surface area (TPSA) is 137 Å². The average Bonchev–Trinajstić information content (AvgIpc) is 3.21. The van der Waals surface area contributed by atoms with E-state index in [0.29, 0.717) is 36.3 Å². The van der Waals surface area contributed by atoms with Crippen molar-refractivity contribution in [1.82, 2.24) is 10.6 Å². The zero-order chi connectivity index (χ0) is 30.0. The van der Waals surface area contributed by atoms with Crippen LogP contribution in [0.2, 0.25) is 0 Å². The maximum absolute atomic E-state index is 12.4. The minimum atomic E-state index is -1.10. The van der Waals surface area contributed by atoms with E-state index < -0.39 is 35.5 Å². The number of hydrogen-bond donors (Lipinski definition) is 4. The van der Waals surface area contributed by atoms with Crippen molar-refractivity contribution in [3.05, 3.63) is 11.6 Å². The number of aliphatic carboxylic acids is 1. The highest BCUT2D eigenvalue weighted by atomic mass is 32.2. The number of carboxylic acid groups (broad SMARTS) is 1. The number of nitrogens with zero attached hydrogens (tertiary/aromatic N) is 1. The van der Waals surface area contributed by atoms with Crippen molar-refractivity contribution in [3.8, 4) is 12.3 Å². The van der Waals surface area contributed by atoms with Gasteiger partial charge in [0.25, 0.3) is 5.91 Å². The van der Waals surface area contributed by atoms with Crippen LogP contribution in [0.4, 0.5) is 0 Å². The van der Waals surface area contributed by atoms with Crippen LogP contribution in [-0.4, -0.2) is 70.0 Å². The third-order valence-electron chi connectivity index (χ3n) is 10.7. The predicted octanol–water partition coefficient (Wildman–Crippen LogP) is 3.51. The molecule has 3 saturated carbocycles. The van der Waals surface area contributed by atoms with Gasteiger partial charge < -0.3 is 25.7 Å². The Kier molecular flexibility index (Phi) is 9.49. The molecular weight excluding hydrogens is 542 g/mol. The van der Waals surface area contributed by atoms with Gasteiger partial charge in [-0.25, -0.2) is 4.79 Å². The number of carboxylic acids is 1. The zero-order valence-electron chi connectivity index (χ0n) is 24.7. The summed E-state index contributed by atoms with van der Waals surface area (Å²) >= 11 is 1.50. The number of rotatable bonds is 10. The average molecular weight is 588 g/mol. The molecule has 4 aliphatic rings. The van der Waals surface area contributed by atoms with Crippen LogP contribution in [-0.2, 0) is 19.2 Å². The number of nitrogens with one attached hydrogen (secondary N) is 2. The smallest absolute Gasteiger partial charge is 0.326 e. The van der Waals surface area contributed by atoms with E-state index in [1.807, 2.05) is 6.26 Å². The quantitative estimate of drug-likeness (QED) is 0.227. The molecule has 4 N–H and O–H groups in total. The first-order valence-corrected chi connectivity index (χ1v) is 16.2. The number of aliphatic hydroxyl groups is 1. The fourth-order valence-corrected chi connectivity index (χ4v) is 8.68. The summed E-state index contributed by atoms with van der Waals surface area (Å²) in [5, 5.41) is 29.8. The Labute approximate surface area is 247 Å². The van der Waals surface area contributed by atoms with Crippen LogP contribution in [0.5, 0.6) is 0 Å². The van der Waals surface area contributed by atoms with Crippen LogP contribution in [0.1, 0.15) is 78.6 Å². The Morgan fingerprint density at radius 3 is 2.59 bits per heavy atom. The Balaban J connectivity index is 1.31. The molecule has 2 amide bonds. The van der Waals surface area contributed by atoms with E-state index >= 15 is 0 Å². The van der Waals surface area contributed by atoms with Gasteiger partial charge in [-0.3, -0.25) is 9.59 Å². The molecule has 0 aromatic rings. The second-order valence-corrected chi connectivity index (χ2v) is 13.8. The number of allylic oxidation sites excluding steroid dienone is 2. The molecule has 0 aromatic carbocycles. The maximum atomic E-state index is 12.4. The molecule has 4 aliphatic carbocycles. The third-order valence-corrected chi connectivity index (χ3v) is 11.4. The molecule has 0 spiro atoms. The molecule has 9 nitrogen and oxygen atoms in total. The SMILES string of the molecule is C#C[C@]1(O)CCC2C3CCC4=CC(=NOCC(=O)NC(C)C(=O)NC(CCSC)C(=O)O)CC[C@]4(C)C3CC[C@@]21C. The van der Waals surface area contributed by atoms with E-state index in [4.69, 9.17) is 11.3 Å². The number of oxime groups is 1. The van der Waals surface area contributed by atoms with E-state index in [1.54, 1.807) is 0 Å². The number of amides is 2. The summed E-state index contributed by atoms with van der Waals surface area (Å²) in [4.78, 5) is 41.5. The van der Waals surface area contributed by atoms with Crippen molar-refractivity contribution in [2.24, 2.45) is 33.7 Å². The Morgan fingerprint density at radius 1 is 1.17 bits per heavy atom. The lowest BCUT2D eigenvalue weighted by Crippen LogP contribution is -2.54. The number of carbonyl (C=O) groups excluding carboxylic acids is 2. The van der Waals surface area contributed by atoms with Gasteiger partial charge in [-0.2, -0.15) is 11.8 Å². The molecule has 0 radical (unpaired) electrons. The second kappa shape index (κ2) is 12.4. The third kappa shape index (κ3) is 6.03. The number of hydrogen-bond acceptors (Lipinski definition) is 7.